The lowest BCUT2D eigenvalue weighted by atomic mass is 10.1. The van der Waals surface area contributed by atoms with Crippen molar-refractivity contribution >= 4 is 17.3 Å². The summed E-state index contributed by atoms with van der Waals surface area (Å²) in [7, 11) is 0. The molecule has 76 valence electrons. The first-order valence-electron chi connectivity index (χ1n) is 4.19. The highest BCUT2D eigenvalue weighted by molar-refractivity contribution is 5.95. The van der Waals surface area contributed by atoms with Crippen LogP contribution in [-0.4, -0.2) is 24.2 Å². The summed E-state index contributed by atoms with van der Waals surface area (Å²) in [6, 6.07) is 4.66. The number of carbonyl (C=O) groups is 1. The number of amides is 1. The average molecular weight is 195 g/mol. The molecule has 0 fully saturated rings. The van der Waals surface area contributed by atoms with Crippen molar-refractivity contribution in [2.24, 2.45) is 0 Å². The maximum absolute atomic E-state index is 11.3. The lowest BCUT2D eigenvalue weighted by Crippen LogP contribution is -2.26. The van der Waals surface area contributed by atoms with Crippen LogP contribution in [0.1, 0.15) is 10.4 Å². The van der Waals surface area contributed by atoms with E-state index in [1.165, 1.54) is 6.07 Å². The van der Waals surface area contributed by atoms with Crippen molar-refractivity contribution in [2.45, 2.75) is 0 Å². The van der Waals surface area contributed by atoms with Crippen LogP contribution in [0.3, 0.4) is 0 Å². The van der Waals surface area contributed by atoms with E-state index >= 15 is 0 Å². The van der Waals surface area contributed by atoms with Crippen molar-refractivity contribution < 1.29 is 9.90 Å². The summed E-state index contributed by atoms with van der Waals surface area (Å²) in [5.74, 6) is -0.272. The molecular weight excluding hydrogens is 182 g/mol. The smallest absolute Gasteiger partial charge is 0.251 e. The van der Waals surface area contributed by atoms with E-state index in [-0.39, 0.29) is 19.1 Å². The Morgan fingerprint density at radius 3 is 2.64 bits per heavy atom. The van der Waals surface area contributed by atoms with Crippen LogP contribution < -0.4 is 16.8 Å². The number of aliphatic hydroxyl groups is 1. The van der Waals surface area contributed by atoms with Gasteiger partial charge in [0.2, 0.25) is 0 Å². The molecule has 5 nitrogen and oxygen atoms in total. The molecule has 0 atom stereocenters. The van der Waals surface area contributed by atoms with Crippen LogP contribution in [0.2, 0.25) is 0 Å². The van der Waals surface area contributed by atoms with Gasteiger partial charge in [-0.25, -0.2) is 0 Å². The van der Waals surface area contributed by atoms with E-state index in [0.717, 1.165) is 0 Å². The minimum absolute atomic E-state index is 0.0871. The highest BCUT2D eigenvalue weighted by Crippen LogP contribution is 2.15. The Hall–Kier alpha value is -1.75. The number of anilines is 2. The predicted molar refractivity (Wildman–Crippen MR) is 54.7 cm³/mol. The van der Waals surface area contributed by atoms with Crippen LogP contribution in [-0.2, 0) is 0 Å². The maximum Gasteiger partial charge on any atom is 0.251 e. The monoisotopic (exact) mass is 195 g/mol. The zero-order valence-corrected chi connectivity index (χ0v) is 7.66. The van der Waals surface area contributed by atoms with E-state index in [0.29, 0.717) is 16.9 Å². The second-order valence-electron chi connectivity index (χ2n) is 2.82. The summed E-state index contributed by atoms with van der Waals surface area (Å²) in [5, 5.41) is 11.0. The topological polar surface area (TPSA) is 101 Å². The molecule has 5 heteroatoms. The van der Waals surface area contributed by atoms with Gasteiger partial charge in [0, 0.05) is 12.1 Å². The first-order valence-corrected chi connectivity index (χ1v) is 4.19. The average Bonchev–Trinajstić information content (AvgIpc) is 2.18. The van der Waals surface area contributed by atoms with Crippen LogP contribution in [0, 0.1) is 0 Å². The van der Waals surface area contributed by atoms with Crippen LogP contribution in [0.5, 0.6) is 0 Å². The van der Waals surface area contributed by atoms with Crippen molar-refractivity contribution in [1.29, 1.82) is 0 Å². The Bertz CT molecular complexity index is 339. The molecule has 0 spiro atoms. The largest absolute Gasteiger partial charge is 0.397 e. The second kappa shape index (κ2) is 4.48. The van der Waals surface area contributed by atoms with Crippen LogP contribution in [0.15, 0.2) is 18.2 Å². The molecule has 0 saturated heterocycles. The van der Waals surface area contributed by atoms with E-state index in [9.17, 15) is 4.79 Å². The van der Waals surface area contributed by atoms with Crippen molar-refractivity contribution in [3.05, 3.63) is 23.8 Å². The summed E-state index contributed by atoms with van der Waals surface area (Å²) in [5.41, 5.74) is 12.3. The quantitative estimate of drug-likeness (QED) is 0.492. The molecule has 0 aliphatic carbocycles. The van der Waals surface area contributed by atoms with Gasteiger partial charge in [-0.3, -0.25) is 4.79 Å². The van der Waals surface area contributed by atoms with Crippen LogP contribution in [0.25, 0.3) is 0 Å². The first-order chi connectivity index (χ1) is 6.65. The molecule has 0 aromatic heterocycles. The highest BCUT2D eigenvalue weighted by Gasteiger charge is 2.05. The number of hydrogen-bond donors (Lipinski definition) is 4. The number of nitrogens with one attached hydrogen (secondary N) is 1. The van der Waals surface area contributed by atoms with Crippen molar-refractivity contribution in [3.8, 4) is 0 Å². The van der Waals surface area contributed by atoms with E-state index in [1.54, 1.807) is 12.1 Å². The third kappa shape index (κ3) is 2.37. The molecule has 1 amide bonds. The Morgan fingerprint density at radius 1 is 1.36 bits per heavy atom. The molecule has 6 N–H and O–H groups in total. The fourth-order valence-corrected chi connectivity index (χ4v) is 0.987. The zero-order valence-electron chi connectivity index (χ0n) is 7.66. The number of nitrogens with two attached hydrogens (primary N) is 2. The summed E-state index contributed by atoms with van der Waals surface area (Å²) in [6.45, 7) is 0.138. The standard InChI is InChI=1S/C9H13N3O2/c10-7-2-1-6(5-8(7)11)9(14)12-3-4-13/h1-2,5,13H,3-4,10-11H2,(H,12,14). The third-order valence-electron chi connectivity index (χ3n) is 1.75. The summed E-state index contributed by atoms with van der Waals surface area (Å²) in [6.07, 6.45) is 0. The number of carbonyl (C=O) groups excluding carboxylic acids is 1. The number of benzene rings is 1. The minimum atomic E-state index is -0.272. The molecule has 0 saturated carbocycles. The normalized spacial score (nSPS) is 9.79. The summed E-state index contributed by atoms with van der Waals surface area (Å²) < 4.78 is 0. The van der Waals surface area contributed by atoms with Gasteiger partial charge in [0.1, 0.15) is 0 Å². The molecule has 1 aromatic rings. The summed E-state index contributed by atoms with van der Waals surface area (Å²) in [4.78, 5) is 11.3. The van der Waals surface area contributed by atoms with Gasteiger partial charge in [0.05, 0.1) is 18.0 Å². The fraction of sp³-hybridized carbons (Fsp3) is 0.222. The van der Waals surface area contributed by atoms with Crippen LogP contribution in [0.4, 0.5) is 11.4 Å². The van der Waals surface area contributed by atoms with Gasteiger partial charge in [-0.2, -0.15) is 0 Å². The SMILES string of the molecule is Nc1ccc(C(=O)NCCO)cc1N. The molecule has 0 bridgehead atoms. The predicted octanol–water partition coefficient (Wildman–Crippen LogP) is -0.427. The molecule has 0 heterocycles. The summed E-state index contributed by atoms with van der Waals surface area (Å²) >= 11 is 0. The number of nitrogen functional groups attached to an aromatic ring is 2. The zero-order chi connectivity index (χ0) is 10.6. The van der Waals surface area contributed by atoms with Gasteiger partial charge in [-0.05, 0) is 18.2 Å². The molecular formula is C9H13N3O2. The second-order valence-corrected chi connectivity index (χ2v) is 2.82. The first kappa shape index (κ1) is 10.3. The van der Waals surface area contributed by atoms with Gasteiger partial charge in [-0.1, -0.05) is 0 Å². The van der Waals surface area contributed by atoms with Gasteiger partial charge < -0.3 is 21.9 Å². The molecule has 14 heavy (non-hydrogen) atoms. The highest BCUT2D eigenvalue weighted by atomic mass is 16.3. The van der Waals surface area contributed by atoms with Crippen molar-refractivity contribution in [2.75, 3.05) is 24.6 Å². The van der Waals surface area contributed by atoms with Gasteiger partial charge in [0.25, 0.3) is 5.91 Å². The van der Waals surface area contributed by atoms with Crippen LogP contribution >= 0.6 is 0 Å². The van der Waals surface area contributed by atoms with E-state index in [2.05, 4.69) is 5.32 Å². The van der Waals surface area contributed by atoms with E-state index < -0.39 is 0 Å². The Morgan fingerprint density at radius 2 is 2.07 bits per heavy atom. The minimum Gasteiger partial charge on any atom is -0.397 e. The molecule has 0 unspecified atom stereocenters. The molecule has 1 rings (SSSR count). The Balaban J connectivity index is 2.76. The molecule has 1 aromatic carbocycles. The van der Waals surface area contributed by atoms with Gasteiger partial charge >= 0.3 is 0 Å². The Labute approximate surface area is 81.7 Å². The third-order valence-corrected chi connectivity index (χ3v) is 1.75. The van der Waals surface area contributed by atoms with Gasteiger partial charge in [-0.15, -0.1) is 0 Å². The van der Waals surface area contributed by atoms with Crippen molar-refractivity contribution in [1.82, 2.24) is 5.32 Å². The van der Waals surface area contributed by atoms with E-state index in [4.69, 9.17) is 16.6 Å². The fourth-order valence-electron chi connectivity index (χ4n) is 0.987. The molecule has 0 radical (unpaired) electrons. The van der Waals surface area contributed by atoms with Crippen molar-refractivity contribution in [3.63, 3.8) is 0 Å². The molecule has 0 aliphatic heterocycles. The lowest BCUT2D eigenvalue weighted by molar-refractivity contribution is 0.0945. The molecule has 0 aliphatic rings. The van der Waals surface area contributed by atoms with E-state index in [1.807, 2.05) is 0 Å². The Kier molecular flexibility index (Phi) is 3.30. The number of hydrogen-bond acceptors (Lipinski definition) is 4. The lowest BCUT2D eigenvalue weighted by Gasteiger charge is -2.05. The maximum atomic E-state index is 11.3. The van der Waals surface area contributed by atoms with Gasteiger partial charge in [0.15, 0.2) is 0 Å². The number of rotatable bonds is 3. The number of aliphatic hydroxyl groups excluding tert-OH is 1.